The first-order chi connectivity index (χ1) is 11.8. The van der Waals surface area contributed by atoms with Gasteiger partial charge < -0.3 is 5.11 Å². The highest BCUT2D eigenvalue weighted by molar-refractivity contribution is 7.89. The normalized spacial score (nSPS) is 19.9. The largest absolute Gasteiger partial charge is 0.387 e. The first kappa shape index (κ1) is 18.0. The molecule has 0 spiro atoms. The Hall–Kier alpha value is -1.83. The maximum atomic E-state index is 13.7. The summed E-state index contributed by atoms with van der Waals surface area (Å²) in [5, 5.41) is 10.7. The number of benzene rings is 1. The average molecular weight is 364 g/mol. The van der Waals surface area contributed by atoms with Crippen molar-refractivity contribution < 1.29 is 17.9 Å². The van der Waals surface area contributed by atoms with Gasteiger partial charge in [0.15, 0.2) is 0 Å². The van der Waals surface area contributed by atoms with Gasteiger partial charge in [-0.25, -0.2) is 13.4 Å². The van der Waals surface area contributed by atoms with E-state index in [1.54, 1.807) is 24.3 Å². The van der Waals surface area contributed by atoms with Crippen LogP contribution >= 0.6 is 0 Å². The van der Waals surface area contributed by atoms with Crippen molar-refractivity contribution in [1.82, 2.24) is 9.29 Å². The van der Waals surface area contributed by atoms with E-state index in [4.69, 9.17) is 0 Å². The van der Waals surface area contributed by atoms with Crippen LogP contribution in [0.15, 0.2) is 41.4 Å². The molecule has 1 aromatic carbocycles. The van der Waals surface area contributed by atoms with E-state index in [1.165, 1.54) is 23.5 Å². The summed E-state index contributed by atoms with van der Waals surface area (Å²) in [5.74, 6) is -0.650. The standard InChI is InChI=1S/C18H21FN2O3S/c1-12-5-7-14(8-6-12)25(23,24)21-11-3-4-16(21)17(22)15-9-10-20-18(19)13(15)2/h5-10,16-17,22H,3-4,11H2,1-2H3/t16-,17?/m0/s1. The summed E-state index contributed by atoms with van der Waals surface area (Å²) in [6.45, 7) is 3.76. The van der Waals surface area contributed by atoms with E-state index in [0.29, 0.717) is 24.9 Å². The Balaban J connectivity index is 1.94. The molecule has 1 aliphatic rings. The minimum atomic E-state index is -3.72. The number of hydrogen-bond acceptors (Lipinski definition) is 4. The quantitative estimate of drug-likeness (QED) is 0.847. The zero-order chi connectivity index (χ0) is 18.2. The lowest BCUT2D eigenvalue weighted by Crippen LogP contribution is -2.39. The molecule has 0 saturated carbocycles. The lowest BCUT2D eigenvalue weighted by atomic mass is 9.98. The number of aromatic nitrogens is 1. The number of halogens is 1. The molecule has 1 aromatic heterocycles. The van der Waals surface area contributed by atoms with Gasteiger partial charge in [0.2, 0.25) is 16.0 Å². The molecule has 1 unspecified atom stereocenters. The van der Waals surface area contributed by atoms with E-state index in [2.05, 4.69) is 4.98 Å². The lowest BCUT2D eigenvalue weighted by Gasteiger charge is -2.29. The van der Waals surface area contributed by atoms with Gasteiger partial charge in [0.1, 0.15) is 0 Å². The summed E-state index contributed by atoms with van der Waals surface area (Å²) in [4.78, 5) is 3.77. The maximum Gasteiger partial charge on any atom is 0.243 e. The third-order valence-electron chi connectivity index (χ3n) is 4.74. The Morgan fingerprint density at radius 2 is 1.92 bits per heavy atom. The number of pyridine rings is 1. The molecular formula is C18H21FN2O3S. The monoisotopic (exact) mass is 364 g/mol. The molecule has 1 N–H and O–H groups in total. The minimum absolute atomic E-state index is 0.204. The van der Waals surface area contributed by atoms with Crippen LogP contribution in [0.25, 0.3) is 0 Å². The van der Waals surface area contributed by atoms with Gasteiger partial charge in [-0.2, -0.15) is 8.70 Å². The zero-order valence-electron chi connectivity index (χ0n) is 14.2. The highest BCUT2D eigenvalue weighted by Gasteiger charge is 2.40. The van der Waals surface area contributed by atoms with Gasteiger partial charge >= 0.3 is 0 Å². The minimum Gasteiger partial charge on any atom is -0.387 e. The van der Waals surface area contributed by atoms with Crippen molar-refractivity contribution in [2.45, 2.75) is 43.7 Å². The van der Waals surface area contributed by atoms with Gasteiger partial charge in [-0.1, -0.05) is 17.7 Å². The van der Waals surface area contributed by atoms with Crippen LogP contribution in [0.5, 0.6) is 0 Å². The fraction of sp³-hybridized carbons (Fsp3) is 0.389. The molecule has 25 heavy (non-hydrogen) atoms. The van der Waals surface area contributed by atoms with E-state index >= 15 is 0 Å². The van der Waals surface area contributed by atoms with Crippen molar-refractivity contribution in [2.24, 2.45) is 0 Å². The molecule has 5 nitrogen and oxygen atoms in total. The van der Waals surface area contributed by atoms with Crippen molar-refractivity contribution in [3.05, 3.63) is 59.2 Å². The van der Waals surface area contributed by atoms with E-state index in [9.17, 15) is 17.9 Å². The number of aliphatic hydroxyl groups is 1. The van der Waals surface area contributed by atoms with Crippen molar-refractivity contribution >= 4 is 10.0 Å². The van der Waals surface area contributed by atoms with Gasteiger partial charge in [-0.05, 0) is 50.5 Å². The van der Waals surface area contributed by atoms with E-state index in [-0.39, 0.29) is 10.5 Å². The maximum absolute atomic E-state index is 13.7. The van der Waals surface area contributed by atoms with Gasteiger partial charge in [-0.3, -0.25) is 0 Å². The number of aliphatic hydroxyl groups excluding tert-OH is 1. The van der Waals surface area contributed by atoms with Gasteiger partial charge in [0.05, 0.1) is 17.0 Å². The van der Waals surface area contributed by atoms with Gasteiger partial charge in [0, 0.05) is 18.3 Å². The molecule has 2 aromatic rings. The predicted octanol–water partition coefficient (Wildman–Crippen LogP) is 2.72. The van der Waals surface area contributed by atoms with E-state index < -0.39 is 28.1 Å². The van der Waals surface area contributed by atoms with Crippen LogP contribution < -0.4 is 0 Å². The second-order valence-electron chi connectivity index (χ2n) is 6.40. The number of hydrogen-bond donors (Lipinski definition) is 1. The first-order valence-electron chi connectivity index (χ1n) is 8.20. The molecule has 3 rings (SSSR count). The SMILES string of the molecule is Cc1ccc(S(=O)(=O)N2CCC[C@H]2C(O)c2ccnc(F)c2C)cc1. The third-order valence-corrected chi connectivity index (χ3v) is 6.68. The fourth-order valence-electron chi connectivity index (χ4n) is 3.28. The highest BCUT2D eigenvalue weighted by atomic mass is 32.2. The van der Waals surface area contributed by atoms with Crippen molar-refractivity contribution in [3.8, 4) is 0 Å². The number of rotatable bonds is 4. The molecule has 2 atom stereocenters. The summed E-state index contributed by atoms with van der Waals surface area (Å²) >= 11 is 0. The predicted molar refractivity (Wildman–Crippen MR) is 92.0 cm³/mol. The van der Waals surface area contributed by atoms with Gasteiger partial charge in [0.25, 0.3) is 0 Å². The van der Waals surface area contributed by atoms with Crippen LogP contribution in [0, 0.1) is 19.8 Å². The third kappa shape index (κ3) is 3.31. The highest BCUT2D eigenvalue weighted by Crippen LogP contribution is 2.35. The van der Waals surface area contributed by atoms with Crippen LogP contribution in [-0.4, -0.2) is 35.4 Å². The summed E-state index contributed by atoms with van der Waals surface area (Å²) in [7, 11) is -3.72. The molecule has 2 heterocycles. The topological polar surface area (TPSA) is 70.5 Å². The van der Waals surface area contributed by atoms with Crippen LogP contribution in [0.3, 0.4) is 0 Å². The summed E-state index contributed by atoms with van der Waals surface area (Å²) in [6, 6.07) is 7.56. The van der Waals surface area contributed by atoms with E-state index in [0.717, 1.165) is 5.56 Å². The Morgan fingerprint density at radius 1 is 1.24 bits per heavy atom. The van der Waals surface area contributed by atoms with Crippen LogP contribution in [0.2, 0.25) is 0 Å². The summed E-state index contributed by atoms with van der Waals surface area (Å²) in [5.41, 5.74) is 1.60. The van der Waals surface area contributed by atoms with Crippen LogP contribution in [-0.2, 0) is 10.0 Å². The Kier molecular flexibility index (Phi) is 4.90. The molecule has 1 saturated heterocycles. The lowest BCUT2D eigenvalue weighted by molar-refractivity contribution is 0.106. The summed E-state index contributed by atoms with van der Waals surface area (Å²) < 4.78 is 41.0. The molecular weight excluding hydrogens is 343 g/mol. The van der Waals surface area contributed by atoms with E-state index in [1.807, 2.05) is 6.92 Å². The Morgan fingerprint density at radius 3 is 2.60 bits per heavy atom. The Bertz CT molecular complexity index is 868. The molecule has 7 heteroatoms. The molecule has 1 aliphatic heterocycles. The van der Waals surface area contributed by atoms with Gasteiger partial charge in [-0.15, -0.1) is 0 Å². The fourth-order valence-corrected chi connectivity index (χ4v) is 4.97. The second-order valence-corrected chi connectivity index (χ2v) is 8.29. The average Bonchev–Trinajstić information content (AvgIpc) is 3.08. The number of nitrogens with zero attached hydrogens (tertiary/aromatic N) is 2. The molecule has 1 fully saturated rings. The molecule has 0 aliphatic carbocycles. The number of sulfonamides is 1. The molecule has 0 bridgehead atoms. The second kappa shape index (κ2) is 6.82. The van der Waals surface area contributed by atoms with Crippen molar-refractivity contribution in [1.29, 1.82) is 0 Å². The summed E-state index contributed by atoms with van der Waals surface area (Å²) in [6.07, 6.45) is 1.37. The molecule has 0 amide bonds. The van der Waals surface area contributed by atoms with Crippen molar-refractivity contribution in [3.63, 3.8) is 0 Å². The van der Waals surface area contributed by atoms with Crippen LogP contribution in [0.1, 0.15) is 35.6 Å². The molecule has 0 radical (unpaired) electrons. The first-order valence-corrected chi connectivity index (χ1v) is 9.64. The van der Waals surface area contributed by atoms with Crippen molar-refractivity contribution in [2.75, 3.05) is 6.54 Å². The van der Waals surface area contributed by atoms with Crippen LogP contribution in [0.4, 0.5) is 4.39 Å². The number of aryl methyl sites for hydroxylation is 1. The Labute approximate surface area is 147 Å². The molecule has 134 valence electrons. The zero-order valence-corrected chi connectivity index (χ0v) is 15.0. The smallest absolute Gasteiger partial charge is 0.243 e.